The van der Waals surface area contributed by atoms with Crippen LogP contribution in [-0.2, 0) is 17.8 Å². The predicted octanol–water partition coefficient (Wildman–Crippen LogP) is 3.01. The van der Waals surface area contributed by atoms with E-state index < -0.39 is 0 Å². The SMILES string of the molecule is COc1ccc(CCC(=O)N2CCN(Cc3ccc4c(c3)OCO4)CC2)cc1C. The van der Waals surface area contributed by atoms with Gasteiger partial charge in [-0.2, -0.15) is 0 Å². The molecule has 2 aliphatic heterocycles. The van der Waals surface area contributed by atoms with Gasteiger partial charge in [0.2, 0.25) is 12.7 Å². The molecule has 29 heavy (non-hydrogen) atoms. The number of fused-ring (bicyclic) bond motifs is 1. The number of carbonyl (C=O) groups is 1. The molecule has 0 unspecified atom stereocenters. The molecule has 0 saturated carbocycles. The van der Waals surface area contributed by atoms with E-state index in [0.29, 0.717) is 13.2 Å². The molecule has 0 bridgehead atoms. The second kappa shape index (κ2) is 8.74. The second-order valence-corrected chi connectivity index (χ2v) is 7.65. The molecule has 0 atom stereocenters. The normalized spacial score (nSPS) is 16.1. The van der Waals surface area contributed by atoms with Crippen LogP contribution in [0.4, 0.5) is 0 Å². The van der Waals surface area contributed by atoms with Gasteiger partial charge in [-0.3, -0.25) is 9.69 Å². The first-order chi connectivity index (χ1) is 14.1. The number of nitrogens with zero attached hydrogens (tertiary/aromatic N) is 2. The first-order valence-electron chi connectivity index (χ1n) is 10.1. The molecule has 2 aromatic rings. The fourth-order valence-corrected chi connectivity index (χ4v) is 3.96. The number of benzene rings is 2. The van der Waals surface area contributed by atoms with Gasteiger partial charge in [-0.25, -0.2) is 0 Å². The lowest BCUT2D eigenvalue weighted by Crippen LogP contribution is -2.48. The zero-order chi connectivity index (χ0) is 20.2. The minimum absolute atomic E-state index is 0.237. The molecule has 154 valence electrons. The van der Waals surface area contributed by atoms with Crippen molar-refractivity contribution in [1.82, 2.24) is 9.80 Å². The summed E-state index contributed by atoms with van der Waals surface area (Å²) in [6.45, 7) is 6.54. The van der Waals surface area contributed by atoms with E-state index in [0.717, 1.165) is 62.0 Å². The summed E-state index contributed by atoms with van der Waals surface area (Å²) in [6, 6.07) is 12.2. The second-order valence-electron chi connectivity index (χ2n) is 7.65. The van der Waals surface area contributed by atoms with Crippen LogP contribution in [0.15, 0.2) is 36.4 Å². The zero-order valence-electron chi connectivity index (χ0n) is 17.1. The average Bonchev–Trinajstić information content (AvgIpc) is 3.20. The average molecular weight is 396 g/mol. The Labute approximate surface area is 172 Å². The monoisotopic (exact) mass is 396 g/mol. The number of amides is 1. The Morgan fingerprint density at radius 1 is 1.00 bits per heavy atom. The van der Waals surface area contributed by atoms with Gasteiger partial charge in [0.25, 0.3) is 0 Å². The topological polar surface area (TPSA) is 51.2 Å². The minimum Gasteiger partial charge on any atom is -0.496 e. The van der Waals surface area contributed by atoms with E-state index in [1.165, 1.54) is 11.1 Å². The summed E-state index contributed by atoms with van der Waals surface area (Å²) >= 11 is 0. The van der Waals surface area contributed by atoms with Crippen LogP contribution >= 0.6 is 0 Å². The molecule has 1 saturated heterocycles. The molecule has 6 nitrogen and oxygen atoms in total. The molecule has 2 aromatic carbocycles. The van der Waals surface area contributed by atoms with Crippen molar-refractivity contribution in [3.63, 3.8) is 0 Å². The summed E-state index contributed by atoms with van der Waals surface area (Å²) in [7, 11) is 1.68. The number of hydrogen-bond donors (Lipinski definition) is 0. The van der Waals surface area contributed by atoms with Crippen LogP contribution in [0.2, 0.25) is 0 Å². The van der Waals surface area contributed by atoms with Crippen LogP contribution in [0.5, 0.6) is 17.2 Å². The van der Waals surface area contributed by atoms with Gasteiger partial charge in [-0.1, -0.05) is 18.2 Å². The summed E-state index contributed by atoms with van der Waals surface area (Å²) in [5.41, 5.74) is 3.50. The van der Waals surface area contributed by atoms with E-state index in [1.807, 2.05) is 30.0 Å². The number of hydrogen-bond acceptors (Lipinski definition) is 5. The molecular formula is C23H28N2O4. The molecule has 0 spiro atoms. The van der Waals surface area contributed by atoms with Crippen molar-refractivity contribution in [2.24, 2.45) is 0 Å². The zero-order valence-corrected chi connectivity index (χ0v) is 17.1. The summed E-state index contributed by atoms with van der Waals surface area (Å²) in [4.78, 5) is 17.0. The molecule has 2 heterocycles. The molecule has 1 amide bonds. The summed E-state index contributed by atoms with van der Waals surface area (Å²) < 4.78 is 16.1. The van der Waals surface area contributed by atoms with Gasteiger partial charge >= 0.3 is 0 Å². The van der Waals surface area contributed by atoms with Crippen molar-refractivity contribution < 1.29 is 19.0 Å². The number of aryl methyl sites for hydroxylation is 2. The highest BCUT2D eigenvalue weighted by Crippen LogP contribution is 2.32. The molecular weight excluding hydrogens is 368 g/mol. The number of methoxy groups -OCH3 is 1. The van der Waals surface area contributed by atoms with Crippen LogP contribution < -0.4 is 14.2 Å². The third-order valence-electron chi connectivity index (χ3n) is 5.65. The van der Waals surface area contributed by atoms with Gasteiger partial charge in [0, 0.05) is 39.1 Å². The third kappa shape index (κ3) is 4.65. The first kappa shape index (κ1) is 19.6. The van der Waals surface area contributed by atoms with Crippen LogP contribution in [-0.4, -0.2) is 55.8 Å². The molecule has 0 aromatic heterocycles. The highest BCUT2D eigenvalue weighted by molar-refractivity contribution is 5.76. The Morgan fingerprint density at radius 2 is 1.76 bits per heavy atom. The van der Waals surface area contributed by atoms with Gasteiger partial charge in [0.1, 0.15) is 5.75 Å². The van der Waals surface area contributed by atoms with E-state index in [9.17, 15) is 4.79 Å². The van der Waals surface area contributed by atoms with Gasteiger partial charge < -0.3 is 19.1 Å². The lowest BCUT2D eigenvalue weighted by Gasteiger charge is -2.35. The van der Waals surface area contributed by atoms with E-state index in [4.69, 9.17) is 14.2 Å². The van der Waals surface area contributed by atoms with Gasteiger partial charge in [-0.05, 0) is 48.2 Å². The Balaban J connectivity index is 1.24. The molecule has 0 aliphatic carbocycles. The van der Waals surface area contributed by atoms with E-state index in [-0.39, 0.29) is 5.91 Å². The standard InChI is InChI=1S/C23H28N2O4/c1-17-13-18(3-6-20(17)27-2)5-8-23(26)25-11-9-24(10-12-25)15-19-4-7-21-22(14-19)29-16-28-21/h3-4,6-7,13-14H,5,8-12,15-16H2,1-2H3. The van der Waals surface area contributed by atoms with Crippen molar-refractivity contribution in [2.75, 3.05) is 40.1 Å². The van der Waals surface area contributed by atoms with Crippen molar-refractivity contribution in [2.45, 2.75) is 26.3 Å². The number of carbonyl (C=O) groups excluding carboxylic acids is 1. The van der Waals surface area contributed by atoms with E-state index in [2.05, 4.69) is 23.1 Å². The van der Waals surface area contributed by atoms with Gasteiger partial charge in [-0.15, -0.1) is 0 Å². The molecule has 0 N–H and O–H groups in total. The number of rotatable bonds is 6. The number of ether oxygens (including phenoxy) is 3. The Kier molecular flexibility index (Phi) is 5.90. The van der Waals surface area contributed by atoms with Crippen molar-refractivity contribution in [1.29, 1.82) is 0 Å². The fraction of sp³-hybridized carbons (Fsp3) is 0.435. The molecule has 2 aliphatic rings. The minimum atomic E-state index is 0.237. The maximum atomic E-state index is 12.6. The smallest absolute Gasteiger partial charge is 0.231 e. The Morgan fingerprint density at radius 3 is 2.52 bits per heavy atom. The van der Waals surface area contributed by atoms with E-state index >= 15 is 0 Å². The molecule has 4 rings (SSSR count). The summed E-state index contributed by atoms with van der Waals surface area (Å²) in [5, 5.41) is 0. The van der Waals surface area contributed by atoms with E-state index in [1.54, 1.807) is 7.11 Å². The lowest BCUT2D eigenvalue weighted by molar-refractivity contribution is -0.133. The lowest BCUT2D eigenvalue weighted by atomic mass is 10.1. The van der Waals surface area contributed by atoms with Crippen molar-refractivity contribution in [3.05, 3.63) is 53.1 Å². The quantitative estimate of drug-likeness (QED) is 0.751. The van der Waals surface area contributed by atoms with Crippen LogP contribution in [0.3, 0.4) is 0 Å². The van der Waals surface area contributed by atoms with Crippen molar-refractivity contribution >= 4 is 5.91 Å². The largest absolute Gasteiger partial charge is 0.496 e. The predicted molar refractivity (Wildman–Crippen MR) is 110 cm³/mol. The maximum absolute atomic E-state index is 12.6. The summed E-state index contributed by atoms with van der Waals surface area (Å²) in [6.07, 6.45) is 1.31. The van der Waals surface area contributed by atoms with Crippen LogP contribution in [0, 0.1) is 6.92 Å². The molecule has 6 heteroatoms. The van der Waals surface area contributed by atoms with Crippen LogP contribution in [0.1, 0.15) is 23.1 Å². The Hall–Kier alpha value is -2.73. The third-order valence-corrected chi connectivity index (χ3v) is 5.65. The highest BCUT2D eigenvalue weighted by atomic mass is 16.7. The van der Waals surface area contributed by atoms with Crippen LogP contribution in [0.25, 0.3) is 0 Å². The fourth-order valence-electron chi connectivity index (χ4n) is 3.96. The molecule has 1 fully saturated rings. The summed E-state index contributed by atoms with van der Waals surface area (Å²) in [5.74, 6) is 2.76. The molecule has 0 radical (unpaired) electrons. The maximum Gasteiger partial charge on any atom is 0.231 e. The first-order valence-corrected chi connectivity index (χ1v) is 10.1. The van der Waals surface area contributed by atoms with Gasteiger partial charge in [0.05, 0.1) is 7.11 Å². The van der Waals surface area contributed by atoms with Gasteiger partial charge in [0.15, 0.2) is 11.5 Å². The highest BCUT2D eigenvalue weighted by Gasteiger charge is 2.22. The van der Waals surface area contributed by atoms with Crippen molar-refractivity contribution in [3.8, 4) is 17.2 Å². The Bertz CT molecular complexity index is 875. The number of piperazine rings is 1.